The molecule has 1 heterocycles. The molecule has 0 aromatic heterocycles. The van der Waals surface area contributed by atoms with Crippen molar-refractivity contribution in [2.75, 3.05) is 13.1 Å². The molecule has 1 aliphatic heterocycles. The molecule has 2 rings (SSSR count). The maximum Gasteiger partial charge on any atom is 0.116 e. The molecule has 1 fully saturated rings. The Hall–Kier alpha value is -0.540. The summed E-state index contributed by atoms with van der Waals surface area (Å²) >= 11 is 3.59. The van der Waals surface area contributed by atoms with Crippen molar-refractivity contribution in [1.29, 1.82) is 0 Å². The Morgan fingerprint density at radius 2 is 2.33 bits per heavy atom. The van der Waals surface area contributed by atoms with Gasteiger partial charge >= 0.3 is 0 Å². The lowest BCUT2D eigenvalue weighted by Gasteiger charge is -2.12. The number of phenols is 1. The number of phenolic OH excluding ortho intramolecular Hbond substituents is 1. The molecule has 0 bridgehead atoms. The van der Waals surface area contributed by atoms with Crippen molar-refractivity contribution in [2.45, 2.75) is 19.8 Å². The van der Waals surface area contributed by atoms with Crippen LogP contribution >= 0.6 is 15.9 Å². The molecule has 2 N–H and O–H groups in total. The van der Waals surface area contributed by atoms with Gasteiger partial charge in [0, 0.05) is 4.47 Å². The van der Waals surface area contributed by atoms with E-state index in [1.807, 2.05) is 13.0 Å². The van der Waals surface area contributed by atoms with Gasteiger partial charge in [-0.3, -0.25) is 0 Å². The van der Waals surface area contributed by atoms with Crippen LogP contribution in [0.3, 0.4) is 0 Å². The predicted octanol–water partition coefficient (Wildman–Crippen LogP) is 2.62. The minimum atomic E-state index is 0.372. The maximum atomic E-state index is 9.56. The average Bonchev–Trinajstić information content (AvgIpc) is 2.66. The average molecular weight is 270 g/mol. The van der Waals surface area contributed by atoms with Crippen molar-refractivity contribution in [3.05, 3.63) is 27.7 Å². The fraction of sp³-hybridized carbons (Fsp3) is 0.500. The SMILES string of the molecule is Cc1cc(O)cc(CC2CCNC2)c1Br. The largest absolute Gasteiger partial charge is 0.508 e. The van der Waals surface area contributed by atoms with Crippen molar-refractivity contribution in [1.82, 2.24) is 5.32 Å². The number of benzene rings is 1. The second-order valence-electron chi connectivity index (χ2n) is 4.30. The van der Waals surface area contributed by atoms with Crippen LogP contribution in [0.4, 0.5) is 0 Å². The topological polar surface area (TPSA) is 32.3 Å². The number of hydrogen-bond acceptors (Lipinski definition) is 2. The molecule has 1 aromatic rings. The normalized spacial score (nSPS) is 20.8. The van der Waals surface area contributed by atoms with Gasteiger partial charge in [-0.15, -0.1) is 0 Å². The zero-order chi connectivity index (χ0) is 10.8. The van der Waals surface area contributed by atoms with E-state index in [4.69, 9.17) is 0 Å². The number of hydrogen-bond donors (Lipinski definition) is 2. The lowest BCUT2D eigenvalue weighted by Crippen LogP contribution is -2.11. The zero-order valence-corrected chi connectivity index (χ0v) is 10.5. The number of rotatable bonds is 2. The van der Waals surface area contributed by atoms with Gasteiger partial charge in [0.1, 0.15) is 5.75 Å². The van der Waals surface area contributed by atoms with Crippen LogP contribution in [-0.4, -0.2) is 18.2 Å². The molecule has 1 aliphatic rings. The third kappa shape index (κ3) is 2.52. The standard InChI is InChI=1S/C12H16BrNO/c1-8-4-11(15)6-10(12(8)13)5-9-2-3-14-7-9/h4,6,9,14-15H,2-3,5,7H2,1H3. The van der Waals surface area contributed by atoms with Crippen molar-refractivity contribution in [3.8, 4) is 5.75 Å². The summed E-state index contributed by atoms with van der Waals surface area (Å²) in [4.78, 5) is 0. The first kappa shape index (κ1) is 11.0. The van der Waals surface area contributed by atoms with E-state index in [0.29, 0.717) is 11.7 Å². The third-order valence-corrected chi connectivity index (χ3v) is 4.12. The third-order valence-electron chi connectivity index (χ3n) is 2.99. The number of halogens is 1. The Morgan fingerprint density at radius 1 is 1.53 bits per heavy atom. The number of aromatic hydroxyl groups is 1. The predicted molar refractivity (Wildman–Crippen MR) is 65.2 cm³/mol. The second-order valence-corrected chi connectivity index (χ2v) is 5.09. The van der Waals surface area contributed by atoms with Crippen LogP contribution in [0, 0.1) is 12.8 Å². The van der Waals surface area contributed by atoms with Crippen LogP contribution in [0.15, 0.2) is 16.6 Å². The lowest BCUT2D eigenvalue weighted by atomic mass is 9.97. The molecule has 0 amide bonds. The van der Waals surface area contributed by atoms with Crippen LogP contribution in [0.2, 0.25) is 0 Å². The summed E-state index contributed by atoms with van der Waals surface area (Å²) in [5.41, 5.74) is 2.33. The highest BCUT2D eigenvalue weighted by Gasteiger charge is 2.17. The Morgan fingerprint density at radius 3 is 3.00 bits per heavy atom. The van der Waals surface area contributed by atoms with E-state index in [1.54, 1.807) is 6.07 Å². The molecule has 82 valence electrons. The molecule has 15 heavy (non-hydrogen) atoms. The highest BCUT2D eigenvalue weighted by Crippen LogP contribution is 2.29. The van der Waals surface area contributed by atoms with Crippen molar-refractivity contribution in [3.63, 3.8) is 0 Å². The van der Waals surface area contributed by atoms with Crippen molar-refractivity contribution < 1.29 is 5.11 Å². The molecule has 1 unspecified atom stereocenters. The van der Waals surface area contributed by atoms with Gasteiger partial charge in [0.25, 0.3) is 0 Å². The first-order chi connectivity index (χ1) is 7.16. The molecule has 0 saturated carbocycles. The highest BCUT2D eigenvalue weighted by atomic mass is 79.9. The van der Waals surface area contributed by atoms with Crippen LogP contribution < -0.4 is 5.32 Å². The van der Waals surface area contributed by atoms with E-state index in [2.05, 4.69) is 21.2 Å². The fourth-order valence-corrected chi connectivity index (χ4v) is 2.56. The fourth-order valence-electron chi connectivity index (χ4n) is 2.17. The summed E-state index contributed by atoms with van der Waals surface area (Å²) in [7, 11) is 0. The zero-order valence-electron chi connectivity index (χ0n) is 8.89. The summed E-state index contributed by atoms with van der Waals surface area (Å²) in [5.74, 6) is 1.08. The smallest absolute Gasteiger partial charge is 0.116 e. The number of aryl methyl sites for hydroxylation is 1. The van der Waals surface area contributed by atoms with Crippen molar-refractivity contribution >= 4 is 15.9 Å². The summed E-state index contributed by atoms with van der Waals surface area (Å²) in [6.45, 7) is 4.24. The Bertz CT molecular complexity index is 359. The van der Waals surface area contributed by atoms with Gasteiger partial charge in [-0.1, -0.05) is 15.9 Å². The minimum Gasteiger partial charge on any atom is -0.508 e. The molecule has 0 aliphatic carbocycles. The van der Waals surface area contributed by atoms with Gasteiger partial charge in [0.05, 0.1) is 0 Å². The Balaban J connectivity index is 2.19. The summed E-state index contributed by atoms with van der Waals surface area (Å²) in [6, 6.07) is 3.66. The minimum absolute atomic E-state index is 0.372. The van der Waals surface area contributed by atoms with E-state index < -0.39 is 0 Å². The molecule has 0 spiro atoms. The summed E-state index contributed by atoms with van der Waals surface area (Å²) in [5, 5.41) is 12.9. The van der Waals surface area contributed by atoms with Crippen LogP contribution in [0.1, 0.15) is 17.5 Å². The quantitative estimate of drug-likeness (QED) is 0.865. The van der Waals surface area contributed by atoms with Gasteiger partial charge < -0.3 is 10.4 Å². The monoisotopic (exact) mass is 269 g/mol. The molecular weight excluding hydrogens is 254 g/mol. The number of nitrogens with one attached hydrogen (secondary N) is 1. The second kappa shape index (κ2) is 4.54. The Kier molecular flexibility index (Phi) is 3.32. The lowest BCUT2D eigenvalue weighted by molar-refractivity contribution is 0.472. The molecule has 1 saturated heterocycles. The van der Waals surface area contributed by atoms with E-state index in [9.17, 15) is 5.11 Å². The molecule has 3 heteroatoms. The van der Waals surface area contributed by atoms with E-state index in [1.165, 1.54) is 12.0 Å². The summed E-state index contributed by atoms with van der Waals surface area (Å²) in [6.07, 6.45) is 2.28. The van der Waals surface area contributed by atoms with Gasteiger partial charge in [0.2, 0.25) is 0 Å². The molecular formula is C12H16BrNO. The maximum absolute atomic E-state index is 9.56. The van der Waals surface area contributed by atoms with Crippen LogP contribution in [-0.2, 0) is 6.42 Å². The first-order valence-corrected chi connectivity index (χ1v) is 6.15. The first-order valence-electron chi connectivity index (χ1n) is 5.35. The van der Waals surface area contributed by atoms with Gasteiger partial charge in [-0.2, -0.15) is 0 Å². The van der Waals surface area contributed by atoms with E-state index >= 15 is 0 Å². The van der Waals surface area contributed by atoms with Gasteiger partial charge in [-0.25, -0.2) is 0 Å². The van der Waals surface area contributed by atoms with Gasteiger partial charge in [-0.05, 0) is 62.0 Å². The molecule has 1 aromatic carbocycles. The summed E-state index contributed by atoms with van der Waals surface area (Å²) < 4.78 is 1.15. The van der Waals surface area contributed by atoms with Crippen LogP contribution in [0.5, 0.6) is 5.75 Å². The van der Waals surface area contributed by atoms with E-state index in [-0.39, 0.29) is 0 Å². The van der Waals surface area contributed by atoms with Crippen molar-refractivity contribution in [2.24, 2.45) is 5.92 Å². The molecule has 0 radical (unpaired) electrons. The van der Waals surface area contributed by atoms with Crippen LogP contribution in [0.25, 0.3) is 0 Å². The highest BCUT2D eigenvalue weighted by molar-refractivity contribution is 9.10. The molecule has 2 nitrogen and oxygen atoms in total. The van der Waals surface area contributed by atoms with E-state index in [0.717, 1.165) is 29.5 Å². The Labute approximate surface area is 98.8 Å². The molecule has 1 atom stereocenters. The van der Waals surface area contributed by atoms with Gasteiger partial charge in [0.15, 0.2) is 0 Å².